The average molecular weight is 395 g/mol. The highest BCUT2D eigenvalue weighted by Crippen LogP contribution is 2.35. The van der Waals surface area contributed by atoms with Crippen LogP contribution in [0.3, 0.4) is 0 Å². The Hall–Kier alpha value is -2.80. The highest BCUT2D eigenvalue weighted by molar-refractivity contribution is 6.35. The number of rotatable bonds is 4. The normalized spacial score (nSPS) is 11.4. The smallest absolute Gasteiger partial charge is 0.416 e. The predicted molar refractivity (Wildman–Crippen MR) is 97.4 cm³/mol. The second-order valence-corrected chi connectivity index (χ2v) is 6.01. The van der Waals surface area contributed by atoms with E-state index in [4.69, 9.17) is 16.3 Å². The second kappa shape index (κ2) is 7.44. The third kappa shape index (κ3) is 3.98. The van der Waals surface area contributed by atoms with E-state index in [0.717, 1.165) is 12.1 Å². The van der Waals surface area contributed by atoms with Crippen LogP contribution in [0.1, 0.15) is 22.8 Å². The third-order valence-electron chi connectivity index (χ3n) is 3.80. The van der Waals surface area contributed by atoms with Crippen LogP contribution < -0.4 is 5.32 Å². The van der Waals surface area contributed by atoms with Gasteiger partial charge in [-0.25, -0.2) is 4.79 Å². The minimum absolute atomic E-state index is 0.101. The van der Waals surface area contributed by atoms with Crippen LogP contribution in [0.4, 0.5) is 24.5 Å². The maximum Gasteiger partial charge on any atom is 0.416 e. The molecule has 0 spiro atoms. The van der Waals surface area contributed by atoms with Gasteiger partial charge in [0.05, 0.1) is 28.4 Å². The molecule has 0 amide bonds. The summed E-state index contributed by atoms with van der Waals surface area (Å²) < 4.78 is 44.0. The lowest BCUT2D eigenvalue weighted by Crippen LogP contribution is -2.10. The van der Waals surface area contributed by atoms with Crippen molar-refractivity contribution < 1.29 is 22.7 Å². The summed E-state index contributed by atoms with van der Waals surface area (Å²) in [6.07, 6.45) is -3.19. The first-order valence-electron chi connectivity index (χ1n) is 8.00. The number of fused-ring (bicyclic) bond motifs is 1. The number of carbonyl (C=O) groups is 1. The van der Waals surface area contributed by atoms with Gasteiger partial charge in [-0.2, -0.15) is 13.2 Å². The summed E-state index contributed by atoms with van der Waals surface area (Å²) in [7, 11) is 0. The predicted octanol–water partition coefficient (Wildman–Crippen LogP) is 5.83. The van der Waals surface area contributed by atoms with E-state index in [-0.39, 0.29) is 23.5 Å². The lowest BCUT2D eigenvalue weighted by Gasteiger charge is -2.15. The van der Waals surface area contributed by atoms with Crippen LogP contribution in [0.25, 0.3) is 10.9 Å². The Morgan fingerprint density at radius 1 is 1.22 bits per heavy atom. The number of nitrogens with one attached hydrogen (secondary N) is 1. The molecule has 0 saturated heterocycles. The van der Waals surface area contributed by atoms with Crippen molar-refractivity contribution >= 4 is 39.8 Å². The number of pyridine rings is 1. The van der Waals surface area contributed by atoms with Gasteiger partial charge in [-0.15, -0.1) is 0 Å². The Morgan fingerprint density at radius 3 is 2.67 bits per heavy atom. The van der Waals surface area contributed by atoms with Crippen LogP contribution in [0, 0.1) is 0 Å². The molecule has 0 radical (unpaired) electrons. The summed E-state index contributed by atoms with van der Waals surface area (Å²) in [6, 6.07) is 9.66. The lowest BCUT2D eigenvalue weighted by molar-refractivity contribution is -0.137. The van der Waals surface area contributed by atoms with Gasteiger partial charge in [0.15, 0.2) is 0 Å². The van der Waals surface area contributed by atoms with Crippen molar-refractivity contribution in [2.75, 3.05) is 11.9 Å². The van der Waals surface area contributed by atoms with Crippen molar-refractivity contribution in [1.29, 1.82) is 0 Å². The number of alkyl halides is 3. The number of hydrogen-bond donors (Lipinski definition) is 1. The van der Waals surface area contributed by atoms with Gasteiger partial charge in [-0.3, -0.25) is 4.98 Å². The third-order valence-corrected chi connectivity index (χ3v) is 4.11. The first kappa shape index (κ1) is 19.0. The summed E-state index contributed by atoms with van der Waals surface area (Å²) in [4.78, 5) is 16.5. The van der Waals surface area contributed by atoms with Crippen LogP contribution in [0.5, 0.6) is 0 Å². The summed E-state index contributed by atoms with van der Waals surface area (Å²) in [6.45, 7) is 1.80. The minimum atomic E-state index is -4.48. The zero-order valence-corrected chi connectivity index (χ0v) is 14.9. The molecule has 0 aliphatic heterocycles. The number of aromatic nitrogens is 1. The topological polar surface area (TPSA) is 51.2 Å². The molecule has 3 aromatic rings. The quantitative estimate of drug-likeness (QED) is 0.566. The van der Waals surface area contributed by atoms with Crippen molar-refractivity contribution in [3.8, 4) is 0 Å². The Bertz CT molecular complexity index is 1010. The first-order valence-corrected chi connectivity index (χ1v) is 8.37. The molecule has 8 heteroatoms. The fraction of sp³-hybridized carbons (Fsp3) is 0.158. The highest BCUT2D eigenvalue weighted by atomic mass is 35.5. The molecule has 0 saturated carbocycles. The maximum absolute atomic E-state index is 13.0. The molecular formula is C19H14ClF3N2O2. The van der Waals surface area contributed by atoms with Gasteiger partial charge < -0.3 is 10.1 Å². The molecule has 0 aliphatic carbocycles. The fourth-order valence-corrected chi connectivity index (χ4v) is 2.83. The minimum Gasteiger partial charge on any atom is -0.462 e. The highest BCUT2D eigenvalue weighted by Gasteiger charge is 2.30. The average Bonchev–Trinajstić information content (AvgIpc) is 2.62. The van der Waals surface area contributed by atoms with Crippen molar-refractivity contribution in [3.63, 3.8) is 0 Å². The zero-order chi connectivity index (χ0) is 19.6. The van der Waals surface area contributed by atoms with Gasteiger partial charge in [-0.05, 0) is 31.2 Å². The number of esters is 1. The standard InChI is InChI=1S/C19H14ClF3N2O2/c1-2-27-18(26)14-10-24-17-13(7-4-8-15(17)20)16(14)25-12-6-3-5-11(9-12)19(21,22)23/h3-10H,2H2,1H3,(H,24,25). The Morgan fingerprint density at radius 2 is 1.96 bits per heavy atom. The van der Waals surface area contributed by atoms with E-state index in [1.54, 1.807) is 25.1 Å². The largest absolute Gasteiger partial charge is 0.462 e. The number of anilines is 2. The Kier molecular flexibility index (Phi) is 5.23. The molecule has 2 aromatic carbocycles. The number of halogens is 4. The molecule has 3 rings (SSSR count). The van der Waals surface area contributed by atoms with Crippen molar-refractivity contribution in [3.05, 3.63) is 64.8 Å². The lowest BCUT2D eigenvalue weighted by atomic mass is 10.1. The van der Waals surface area contributed by atoms with Gasteiger partial charge in [0.2, 0.25) is 0 Å². The molecule has 1 aromatic heterocycles. The number of hydrogen-bond acceptors (Lipinski definition) is 4. The van der Waals surface area contributed by atoms with Crippen molar-refractivity contribution in [1.82, 2.24) is 4.98 Å². The van der Waals surface area contributed by atoms with E-state index in [1.165, 1.54) is 18.3 Å². The van der Waals surface area contributed by atoms with Gasteiger partial charge >= 0.3 is 12.1 Å². The molecule has 27 heavy (non-hydrogen) atoms. The summed E-state index contributed by atoms with van der Waals surface area (Å²) in [5, 5.41) is 3.74. The molecule has 0 unspecified atom stereocenters. The van der Waals surface area contributed by atoms with Crippen LogP contribution in [-0.4, -0.2) is 17.6 Å². The monoisotopic (exact) mass is 394 g/mol. The van der Waals surface area contributed by atoms with E-state index in [9.17, 15) is 18.0 Å². The molecular weight excluding hydrogens is 381 g/mol. The molecule has 0 atom stereocenters. The SMILES string of the molecule is CCOC(=O)c1cnc2c(Cl)cccc2c1Nc1cccc(C(F)(F)F)c1. The van der Waals surface area contributed by atoms with Gasteiger partial charge in [0.1, 0.15) is 5.56 Å². The zero-order valence-electron chi connectivity index (χ0n) is 14.1. The van der Waals surface area contributed by atoms with Gasteiger partial charge in [0.25, 0.3) is 0 Å². The number of nitrogens with zero attached hydrogens (tertiary/aromatic N) is 1. The fourth-order valence-electron chi connectivity index (χ4n) is 2.60. The van der Waals surface area contributed by atoms with Crippen LogP contribution in [0.15, 0.2) is 48.7 Å². The number of carbonyl (C=O) groups excluding carboxylic acids is 1. The summed E-state index contributed by atoms with van der Waals surface area (Å²) in [5.41, 5.74) is 0.162. The first-order chi connectivity index (χ1) is 12.8. The Labute approximate surface area is 157 Å². The number of benzene rings is 2. The van der Waals surface area contributed by atoms with Crippen molar-refractivity contribution in [2.24, 2.45) is 0 Å². The van der Waals surface area contributed by atoms with E-state index in [0.29, 0.717) is 15.9 Å². The number of para-hydroxylation sites is 1. The molecule has 0 fully saturated rings. The molecule has 0 aliphatic rings. The van der Waals surface area contributed by atoms with E-state index in [2.05, 4.69) is 10.3 Å². The van der Waals surface area contributed by atoms with E-state index >= 15 is 0 Å². The van der Waals surface area contributed by atoms with Gasteiger partial charge in [0, 0.05) is 17.3 Å². The van der Waals surface area contributed by atoms with Crippen LogP contribution in [-0.2, 0) is 10.9 Å². The van der Waals surface area contributed by atoms with Crippen LogP contribution >= 0.6 is 11.6 Å². The molecule has 0 bridgehead atoms. The maximum atomic E-state index is 13.0. The van der Waals surface area contributed by atoms with Gasteiger partial charge in [-0.1, -0.05) is 29.8 Å². The second-order valence-electron chi connectivity index (χ2n) is 5.61. The molecule has 140 valence electrons. The molecule has 1 N–H and O–H groups in total. The summed E-state index contributed by atoms with van der Waals surface area (Å²) >= 11 is 6.15. The molecule has 4 nitrogen and oxygen atoms in total. The van der Waals surface area contributed by atoms with Crippen LogP contribution in [0.2, 0.25) is 5.02 Å². The number of ether oxygens (including phenoxy) is 1. The summed E-state index contributed by atoms with van der Waals surface area (Å²) in [5.74, 6) is -0.638. The Balaban J connectivity index is 2.15. The van der Waals surface area contributed by atoms with E-state index < -0.39 is 17.7 Å². The van der Waals surface area contributed by atoms with Crippen molar-refractivity contribution in [2.45, 2.75) is 13.1 Å². The molecule has 1 heterocycles. The van der Waals surface area contributed by atoms with E-state index in [1.807, 2.05) is 0 Å².